The van der Waals surface area contributed by atoms with Crippen LogP contribution in [0, 0.1) is 27.7 Å². The van der Waals surface area contributed by atoms with E-state index in [0.29, 0.717) is 22.8 Å². The fourth-order valence-electron chi connectivity index (χ4n) is 3.63. The van der Waals surface area contributed by atoms with Gasteiger partial charge >= 0.3 is 0 Å². The fourth-order valence-corrected chi connectivity index (χ4v) is 3.63. The molecule has 0 spiro atoms. The Labute approximate surface area is 179 Å². The number of aromatic nitrogens is 1. The lowest BCUT2D eigenvalue weighted by Crippen LogP contribution is -2.40. The minimum atomic E-state index is -0.445. The molecule has 8 nitrogen and oxygen atoms in total. The lowest BCUT2D eigenvalue weighted by Gasteiger charge is -2.10. The summed E-state index contributed by atoms with van der Waals surface area (Å²) in [6, 6.07) is 9.38. The minimum absolute atomic E-state index is 0.224. The van der Waals surface area contributed by atoms with E-state index in [1.807, 2.05) is 38.1 Å². The number of hydrogen-bond acceptors (Lipinski definition) is 5. The number of nitrogens with zero attached hydrogens (tertiary/aromatic N) is 1. The highest BCUT2D eigenvalue weighted by Crippen LogP contribution is 2.35. The SMILES string of the molecule is Cc1cc(C(=O)NNC(=O)C=Cc2cc(C)n(-c3ccc4c(c3)OCO4)c2C)c(C)o1. The molecule has 31 heavy (non-hydrogen) atoms. The standard InChI is InChI=1S/C23H23N3O5/c1-13-9-17(15(3)26(13)18-6-7-20-21(11-18)30-12-29-20)5-8-22(27)24-25-23(28)19-10-14(2)31-16(19)4/h5-11H,12H2,1-4H3,(H,24,27)(H,25,28). The number of aryl methyl sites for hydroxylation is 3. The third kappa shape index (κ3) is 4.05. The van der Waals surface area contributed by atoms with Gasteiger partial charge in [-0.15, -0.1) is 0 Å². The van der Waals surface area contributed by atoms with Crippen LogP contribution < -0.4 is 20.3 Å². The van der Waals surface area contributed by atoms with Gasteiger partial charge in [-0.05, 0) is 63.6 Å². The number of benzene rings is 1. The summed E-state index contributed by atoms with van der Waals surface area (Å²) in [6.45, 7) is 7.64. The molecule has 0 saturated heterocycles. The second-order valence-corrected chi connectivity index (χ2v) is 7.30. The second kappa shape index (κ2) is 8.06. The normalized spacial score (nSPS) is 12.4. The molecule has 0 atom stereocenters. The molecule has 2 N–H and O–H groups in total. The van der Waals surface area contributed by atoms with E-state index in [0.717, 1.165) is 28.4 Å². The van der Waals surface area contributed by atoms with E-state index < -0.39 is 11.8 Å². The van der Waals surface area contributed by atoms with Crippen molar-refractivity contribution >= 4 is 17.9 Å². The Morgan fingerprint density at radius 3 is 2.52 bits per heavy atom. The molecular formula is C23H23N3O5. The van der Waals surface area contributed by atoms with E-state index in [9.17, 15) is 9.59 Å². The predicted octanol–water partition coefficient (Wildman–Crippen LogP) is 3.51. The van der Waals surface area contributed by atoms with Gasteiger partial charge in [0.1, 0.15) is 11.5 Å². The van der Waals surface area contributed by atoms with Gasteiger partial charge in [-0.25, -0.2) is 0 Å². The van der Waals surface area contributed by atoms with Crippen LogP contribution in [0.5, 0.6) is 11.5 Å². The predicted molar refractivity (Wildman–Crippen MR) is 114 cm³/mol. The molecule has 0 fully saturated rings. The molecule has 4 rings (SSSR count). The van der Waals surface area contributed by atoms with E-state index >= 15 is 0 Å². The number of ether oxygens (including phenoxy) is 2. The van der Waals surface area contributed by atoms with Gasteiger partial charge in [-0.2, -0.15) is 0 Å². The first-order valence-corrected chi connectivity index (χ1v) is 9.78. The molecule has 0 unspecified atom stereocenters. The van der Waals surface area contributed by atoms with Crippen molar-refractivity contribution < 1.29 is 23.5 Å². The Balaban J connectivity index is 1.44. The molecule has 3 heterocycles. The van der Waals surface area contributed by atoms with Crippen molar-refractivity contribution in [1.82, 2.24) is 15.4 Å². The van der Waals surface area contributed by atoms with Crippen LogP contribution in [0.1, 0.15) is 38.8 Å². The van der Waals surface area contributed by atoms with E-state index in [1.165, 1.54) is 6.08 Å². The average molecular weight is 421 g/mol. The monoisotopic (exact) mass is 421 g/mol. The number of fused-ring (bicyclic) bond motifs is 1. The van der Waals surface area contributed by atoms with Crippen LogP contribution in [-0.2, 0) is 4.79 Å². The summed E-state index contributed by atoms with van der Waals surface area (Å²) in [6.07, 6.45) is 3.08. The molecule has 0 bridgehead atoms. The van der Waals surface area contributed by atoms with Gasteiger partial charge in [0.15, 0.2) is 11.5 Å². The molecule has 1 aromatic carbocycles. The quantitative estimate of drug-likeness (QED) is 0.497. The van der Waals surface area contributed by atoms with Gasteiger partial charge in [-0.3, -0.25) is 20.4 Å². The number of hydrogen-bond donors (Lipinski definition) is 2. The smallest absolute Gasteiger partial charge is 0.273 e. The summed E-state index contributed by atoms with van der Waals surface area (Å²) in [5.41, 5.74) is 8.97. The second-order valence-electron chi connectivity index (χ2n) is 7.30. The van der Waals surface area contributed by atoms with Crippen LogP contribution in [-0.4, -0.2) is 23.2 Å². The molecule has 2 aromatic heterocycles. The highest BCUT2D eigenvalue weighted by Gasteiger charge is 2.17. The van der Waals surface area contributed by atoms with Gasteiger partial charge in [0.25, 0.3) is 11.8 Å². The van der Waals surface area contributed by atoms with E-state index in [4.69, 9.17) is 13.9 Å². The molecule has 0 saturated carbocycles. The first-order chi connectivity index (χ1) is 14.8. The summed E-state index contributed by atoms with van der Waals surface area (Å²) >= 11 is 0. The Kier molecular flexibility index (Phi) is 5.29. The van der Waals surface area contributed by atoms with Gasteiger partial charge < -0.3 is 18.5 Å². The largest absolute Gasteiger partial charge is 0.466 e. The highest BCUT2D eigenvalue weighted by molar-refractivity contribution is 5.98. The summed E-state index contributed by atoms with van der Waals surface area (Å²) in [4.78, 5) is 24.3. The lowest BCUT2D eigenvalue weighted by molar-refractivity contribution is -0.117. The zero-order valence-corrected chi connectivity index (χ0v) is 17.7. The fraction of sp³-hybridized carbons (Fsp3) is 0.217. The highest BCUT2D eigenvalue weighted by atomic mass is 16.7. The molecule has 160 valence electrons. The van der Waals surface area contributed by atoms with Crippen LogP contribution in [0.4, 0.5) is 0 Å². The zero-order valence-electron chi connectivity index (χ0n) is 17.7. The van der Waals surface area contributed by atoms with Crippen LogP contribution in [0.2, 0.25) is 0 Å². The summed E-state index contributed by atoms with van der Waals surface area (Å²) in [5, 5.41) is 0. The maximum Gasteiger partial charge on any atom is 0.273 e. The number of rotatable bonds is 4. The molecular weight excluding hydrogens is 398 g/mol. The van der Waals surface area contributed by atoms with Gasteiger partial charge in [0.05, 0.1) is 5.56 Å². The molecule has 3 aromatic rings. The van der Waals surface area contributed by atoms with Crippen molar-refractivity contribution in [3.8, 4) is 17.2 Å². The number of furan rings is 1. The summed E-state index contributed by atoms with van der Waals surface area (Å²) < 4.78 is 18.2. The van der Waals surface area contributed by atoms with Crippen molar-refractivity contribution in [3.63, 3.8) is 0 Å². The third-order valence-corrected chi connectivity index (χ3v) is 5.08. The maximum atomic E-state index is 12.2. The number of hydrazine groups is 1. The first kappa shape index (κ1) is 20.3. The van der Waals surface area contributed by atoms with Crippen LogP contribution in [0.15, 0.2) is 40.8 Å². The van der Waals surface area contributed by atoms with Crippen LogP contribution in [0.25, 0.3) is 11.8 Å². The number of nitrogens with one attached hydrogen (secondary N) is 2. The molecule has 8 heteroatoms. The molecule has 2 amide bonds. The van der Waals surface area contributed by atoms with E-state index in [2.05, 4.69) is 15.4 Å². The lowest BCUT2D eigenvalue weighted by atomic mass is 10.2. The Morgan fingerprint density at radius 2 is 1.77 bits per heavy atom. The van der Waals surface area contributed by atoms with Crippen molar-refractivity contribution in [2.45, 2.75) is 27.7 Å². The summed E-state index contributed by atoms with van der Waals surface area (Å²) in [7, 11) is 0. The van der Waals surface area contributed by atoms with Crippen molar-refractivity contribution in [3.05, 3.63) is 70.4 Å². The first-order valence-electron chi connectivity index (χ1n) is 9.78. The van der Waals surface area contributed by atoms with Gasteiger partial charge in [0.2, 0.25) is 6.79 Å². The molecule has 0 aliphatic carbocycles. The molecule has 1 aliphatic rings. The van der Waals surface area contributed by atoms with Crippen LogP contribution in [0.3, 0.4) is 0 Å². The van der Waals surface area contributed by atoms with Crippen LogP contribution >= 0.6 is 0 Å². The Bertz CT molecular complexity index is 1200. The van der Waals surface area contributed by atoms with Crippen molar-refractivity contribution in [1.29, 1.82) is 0 Å². The third-order valence-electron chi connectivity index (χ3n) is 5.08. The van der Waals surface area contributed by atoms with Crippen molar-refractivity contribution in [2.75, 3.05) is 6.79 Å². The van der Waals surface area contributed by atoms with Gasteiger partial charge in [-0.1, -0.05) is 0 Å². The minimum Gasteiger partial charge on any atom is -0.466 e. The van der Waals surface area contributed by atoms with E-state index in [-0.39, 0.29) is 6.79 Å². The summed E-state index contributed by atoms with van der Waals surface area (Å²) in [5.74, 6) is 1.68. The maximum absolute atomic E-state index is 12.2. The molecule has 0 radical (unpaired) electrons. The zero-order chi connectivity index (χ0) is 22.1. The van der Waals surface area contributed by atoms with Gasteiger partial charge in [0, 0.05) is 29.2 Å². The Morgan fingerprint density at radius 1 is 1.00 bits per heavy atom. The number of amides is 2. The Hall–Kier alpha value is -3.94. The topological polar surface area (TPSA) is 94.7 Å². The van der Waals surface area contributed by atoms with E-state index in [1.54, 1.807) is 26.0 Å². The molecule has 1 aliphatic heterocycles. The number of carbonyl (C=O) groups excluding carboxylic acids is 2. The van der Waals surface area contributed by atoms with Crippen molar-refractivity contribution in [2.24, 2.45) is 0 Å². The number of carbonyl (C=O) groups is 2. The average Bonchev–Trinajstić information content (AvgIpc) is 3.41.